The number of nitrogens with zero attached hydrogens (tertiary/aromatic N) is 3. The molecule has 3 heterocycles. The number of likely N-dealkylation sites (tertiary alicyclic amines) is 1. The van der Waals surface area contributed by atoms with E-state index in [1.54, 1.807) is 11.0 Å². The van der Waals surface area contributed by atoms with Gasteiger partial charge < -0.3 is 25.0 Å². The van der Waals surface area contributed by atoms with Crippen molar-refractivity contribution < 1.29 is 22.8 Å². The number of fused-ring (bicyclic) bond motifs is 2. The van der Waals surface area contributed by atoms with Crippen LogP contribution in [-0.2, 0) is 32.5 Å². The Kier molecular flexibility index (Phi) is 10.1. The fourth-order valence-electron chi connectivity index (χ4n) is 7.07. The van der Waals surface area contributed by atoms with Crippen molar-refractivity contribution >= 4 is 55.9 Å². The van der Waals surface area contributed by atoms with Crippen LogP contribution < -0.4 is 15.4 Å². The lowest BCUT2D eigenvalue weighted by Gasteiger charge is -2.38. The molecule has 3 amide bonds. The van der Waals surface area contributed by atoms with Crippen LogP contribution in [0.15, 0.2) is 77.8 Å². The van der Waals surface area contributed by atoms with E-state index in [-0.39, 0.29) is 34.5 Å². The minimum absolute atomic E-state index is 0.0683. The molecular weight excluding hydrogens is 664 g/mol. The van der Waals surface area contributed by atoms with E-state index in [1.165, 1.54) is 24.3 Å². The Morgan fingerprint density at radius 3 is 2.45 bits per heavy atom. The second-order valence-corrected chi connectivity index (χ2v) is 15.3. The number of hydrogen-bond acceptors (Lipinski definition) is 6. The molecule has 6 rings (SSSR count). The average Bonchev–Trinajstić information content (AvgIpc) is 3.48. The van der Waals surface area contributed by atoms with E-state index in [1.807, 2.05) is 61.6 Å². The molecule has 4 aromatic rings. The van der Waals surface area contributed by atoms with Crippen molar-refractivity contribution in [2.24, 2.45) is 17.0 Å². The number of amides is 3. The van der Waals surface area contributed by atoms with E-state index in [0.717, 1.165) is 40.7 Å². The van der Waals surface area contributed by atoms with Crippen molar-refractivity contribution in [3.63, 3.8) is 0 Å². The maximum Gasteiger partial charge on any atom is 0.253 e. The zero-order chi connectivity index (χ0) is 34.9. The van der Waals surface area contributed by atoms with Gasteiger partial charge in [0.1, 0.15) is 6.04 Å². The molecule has 0 unspecified atom stereocenters. The van der Waals surface area contributed by atoms with Crippen LogP contribution in [0, 0.1) is 11.8 Å². The van der Waals surface area contributed by atoms with E-state index in [9.17, 15) is 22.8 Å². The van der Waals surface area contributed by atoms with Gasteiger partial charge in [-0.25, -0.2) is 13.6 Å². The zero-order valence-corrected chi connectivity index (χ0v) is 29.1. The molecule has 4 N–H and O–H groups in total. The van der Waals surface area contributed by atoms with Gasteiger partial charge in [0.05, 0.1) is 4.90 Å². The first-order valence-electron chi connectivity index (χ1n) is 16.4. The molecule has 0 radical (unpaired) electrons. The van der Waals surface area contributed by atoms with Gasteiger partial charge in [0, 0.05) is 71.9 Å². The van der Waals surface area contributed by atoms with Crippen LogP contribution in [0.3, 0.4) is 0 Å². The number of primary sulfonamides is 1. The first-order valence-corrected chi connectivity index (χ1v) is 18.3. The van der Waals surface area contributed by atoms with Gasteiger partial charge in [0.15, 0.2) is 0 Å². The number of halogens is 1. The number of sulfonamides is 1. The van der Waals surface area contributed by atoms with Crippen LogP contribution in [0.1, 0.15) is 34.3 Å². The summed E-state index contributed by atoms with van der Waals surface area (Å²) in [6.45, 7) is 2.01. The molecule has 2 aliphatic heterocycles. The molecule has 13 heteroatoms. The molecule has 3 aromatic carbocycles. The van der Waals surface area contributed by atoms with Crippen LogP contribution >= 0.6 is 11.6 Å². The number of piperidine rings is 1. The summed E-state index contributed by atoms with van der Waals surface area (Å²) in [6, 6.07) is 18.2. The van der Waals surface area contributed by atoms with Crippen LogP contribution in [0.25, 0.3) is 10.9 Å². The van der Waals surface area contributed by atoms with Crippen LogP contribution in [-0.4, -0.2) is 87.2 Å². The SMILES string of the molecule is CN(C)C[C@@H]1Cc2cc(Cl)ccc2N(C(=O)[C@@H](Cc2c[nH]c3ccccc23)NC(=O)C2CCN(C(=O)c3ccc(S(N)(=O)=O)cc3)CC2)C1. The van der Waals surface area contributed by atoms with Crippen LogP contribution in [0.2, 0.25) is 5.02 Å². The predicted molar refractivity (Wildman–Crippen MR) is 190 cm³/mol. The summed E-state index contributed by atoms with van der Waals surface area (Å²) in [5.74, 6) is -0.848. The van der Waals surface area contributed by atoms with Crippen LogP contribution in [0.5, 0.6) is 0 Å². The van der Waals surface area contributed by atoms with Crippen molar-refractivity contribution in [2.75, 3.05) is 45.2 Å². The number of anilines is 1. The normalized spacial score (nSPS) is 17.6. The van der Waals surface area contributed by atoms with Gasteiger partial charge in [-0.1, -0.05) is 29.8 Å². The lowest BCUT2D eigenvalue weighted by molar-refractivity contribution is -0.131. The number of H-pyrrole nitrogens is 1. The Morgan fingerprint density at radius 1 is 1.04 bits per heavy atom. The van der Waals surface area contributed by atoms with Gasteiger partial charge in [0.2, 0.25) is 21.8 Å². The highest BCUT2D eigenvalue weighted by atomic mass is 35.5. The van der Waals surface area contributed by atoms with E-state index >= 15 is 0 Å². The fraction of sp³-hybridized carbons (Fsp3) is 0.361. The van der Waals surface area contributed by atoms with Gasteiger partial charge in [-0.15, -0.1) is 0 Å². The van der Waals surface area contributed by atoms with E-state index in [2.05, 4.69) is 15.2 Å². The van der Waals surface area contributed by atoms with E-state index in [4.69, 9.17) is 16.7 Å². The number of aromatic amines is 1. The average molecular weight is 705 g/mol. The highest BCUT2D eigenvalue weighted by Crippen LogP contribution is 2.33. The lowest BCUT2D eigenvalue weighted by Crippen LogP contribution is -2.54. The van der Waals surface area contributed by atoms with Crippen molar-refractivity contribution in [1.82, 2.24) is 20.1 Å². The standard InChI is InChI=1S/C36H41ClN6O5S/c1-41(2)21-23-17-26-18-28(37)9-12-33(26)43(22-23)36(46)32(19-27-20-39-31-6-4-3-5-30(27)31)40-34(44)24-13-15-42(16-14-24)35(45)25-7-10-29(11-8-25)49(38,47)48/h3-12,18,20,23-24,32,39H,13-17,19,21-22H2,1-2H3,(H,40,44)(H2,38,47,48)/t23-,32+/m0/s1. The number of hydrogen-bond donors (Lipinski definition) is 3. The fourth-order valence-corrected chi connectivity index (χ4v) is 7.78. The predicted octanol–water partition coefficient (Wildman–Crippen LogP) is 3.82. The monoisotopic (exact) mass is 704 g/mol. The Balaban J connectivity index is 1.20. The Labute approximate surface area is 291 Å². The van der Waals surface area contributed by atoms with Gasteiger partial charge in [-0.05, 0) is 98.9 Å². The zero-order valence-electron chi connectivity index (χ0n) is 27.6. The molecular formula is C36H41ClN6O5S. The molecule has 11 nitrogen and oxygen atoms in total. The Hall–Kier alpha value is -4.23. The van der Waals surface area contributed by atoms with Gasteiger partial charge in [-0.2, -0.15) is 0 Å². The number of benzene rings is 3. The number of carbonyl (C=O) groups is 3. The van der Waals surface area contributed by atoms with Crippen molar-refractivity contribution in [1.29, 1.82) is 0 Å². The number of rotatable bonds is 9. The molecule has 1 aromatic heterocycles. The molecule has 0 spiro atoms. The maximum absolute atomic E-state index is 14.6. The first-order chi connectivity index (χ1) is 23.4. The smallest absolute Gasteiger partial charge is 0.253 e. The number of nitrogens with one attached hydrogen (secondary N) is 2. The maximum atomic E-state index is 14.6. The Bertz CT molecular complexity index is 1970. The molecule has 258 valence electrons. The largest absolute Gasteiger partial charge is 0.361 e. The van der Waals surface area contributed by atoms with Crippen molar-refractivity contribution in [3.05, 3.63) is 94.6 Å². The highest BCUT2D eigenvalue weighted by molar-refractivity contribution is 7.89. The third kappa shape index (κ3) is 7.83. The molecule has 0 saturated carbocycles. The summed E-state index contributed by atoms with van der Waals surface area (Å²) in [5, 5.41) is 9.92. The molecule has 2 atom stereocenters. The van der Waals surface area contributed by atoms with Crippen LogP contribution in [0.4, 0.5) is 5.69 Å². The van der Waals surface area contributed by atoms with Gasteiger partial charge in [0.25, 0.3) is 5.91 Å². The van der Waals surface area contributed by atoms with Gasteiger partial charge in [-0.3, -0.25) is 14.4 Å². The summed E-state index contributed by atoms with van der Waals surface area (Å²) in [7, 11) is 0.165. The molecule has 1 fully saturated rings. The third-order valence-corrected chi connectivity index (χ3v) is 10.6. The van der Waals surface area contributed by atoms with Gasteiger partial charge >= 0.3 is 0 Å². The number of nitrogens with two attached hydrogens (primary N) is 1. The summed E-state index contributed by atoms with van der Waals surface area (Å²) in [6.07, 6.45) is 3.85. The summed E-state index contributed by atoms with van der Waals surface area (Å²) >= 11 is 6.39. The van der Waals surface area contributed by atoms with E-state index in [0.29, 0.717) is 49.5 Å². The Morgan fingerprint density at radius 2 is 1.76 bits per heavy atom. The first kappa shape index (κ1) is 34.6. The molecule has 0 bridgehead atoms. The second-order valence-electron chi connectivity index (χ2n) is 13.3. The molecule has 0 aliphatic carbocycles. The number of carbonyl (C=O) groups excluding carboxylic acids is 3. The van der Waals surface area contributed by atoms with Crippen molar-refractivity contribution in [2.45, 2.75) is 36.6 Å². The molecule has 1 saturated heterocycles. The van der Waals surface area contributed by atoms with Crippen molar-refractivity contribution in [3.8, 4) is 0 Å². The minimum atomic E-state index is -3.87. The quantitative estimate of drug-likeness (QED) is 0.241. The summed E-state index contributed by atoms with van der Waals surface area (Å²) < 4.78 is 23.2. The summed E-state index contributed by atoms with van der Waals surface area (Å²) in [5.41, 5.74) is 4.05. The number of aromatic nitrogens is 1. The summed E-state index contributed by atoms with van der Waals surface area (Å²) in [4.78, 5) is 50.4. The second kappa shape index (κ2) is 14.3. The number of para-hydroxylation sites is 1. The van der Waals surface area contributed by atoms with E-state index < -0.39 is 16.1 Å². The third-order valence-electron chi connectivity index (χ3n) is 9.47. The molecule has 2 aliphatic rings. The minimum Gasteiger partial charge on any atom is -0.361 e. The molecule has 49 heavy (non-hydrogen) atoms. The lowest BCUT2D eigenvalue weighted by atomic mass is 9.90. The highest BCUT2D eigenvalue weighted by Gasteiger charge is 2.36. The topological polar surface area (TPSA) is 149 Å².